The first kappa shape index (κ1) is 23.0. The molecule has 0 unspecified atom stereocenters. The van der Waals surface area contributed by atoms with Gasteiger partial charge in [0, 0.05) is 37.3 Å². The van der Waals surface area contributed by atoms with Gasteiger partial charge >= 0.3 is 5.97 Å². The molecule has 0 saturated carbocycles. The smallest absolute Gasteiger partial charge is 0.338 e. The number of hydrogen-bond donors (Lipinski definition) is 0. The molecule has 1 amide bonds. The second-order valence-corrected chi connectivity index (χ2v) is 9.24. The van der Waals surface area contributed by atoms with Crippen molar-refractivity contribution in [2.45, 2.75) is 11.8 Å². The third-order valence-corrected chi connectivity index (χ3v) is 6.97. The minimum Gasteiger partial charge on any atom is -0.462 e. The van der Waals surface area contributed by atoms with Crippen molar-refractivity contribution in [2.75, 3.05) is 32.8 Å². The lowest BCUT2D eigenvalue weighted by Crippen LogP contribution is -2.50. The van der Waals surface area contributed by atoms with Crippen LogP contribution < -0.4 is 0 Å². The van der Waals surface area contributed by atoms with E-state index in [0.717, 1.165) is 5.56 Å². The fourth-order valence-electron chi connectivity index (χ4n) is 3.16. The first-order chi connectivity index (χ1) is 14.8. The van der Waals surface area contributed by atoms with Gasteiger partial charge in [0.15, 0.2) is 0 Å². The number of hydrogen-bond acceptors (Lipinski definition) is 5. The minimum atomic E-state index is -3.72. The molecule has 2 aromatic carbocycles. The highest BCUT2D eigenvalue weighted by Gasteiger charge is 2.29. The zero-order chi connectivity index (χ0) is 22.4. The molecule has 0 aliphatic carbocycles. The molecule has 2 aromatic rings. The molecule has 3 rings (SSSR count). The molecule has 1 fully saturated rings. The van der Waals surface area contributed by atoms with Crippen LogP contribution in [0.5, 0.6) is 0 Å². The van der Waals surface area contributed by atoms with Gasteiger partial charge < -0.3 is 9.64 Å². The highest BCUT2D eigenvalue weighted by molar-refractivity contribution is 7.89. The SMILES string of the molecule is CCOC(=O)c1ccc(S(=O)(=O)N2CCN(C(=O)/C=C/c3cccc(Cl)c3)CC2)cc1. The molecule has 31 heavy (non-hydrogen) atoms. The molecule has 0 aromatic heterocycles. The van der Waals surface area contributed by atoms with Crippen LogP contribution in [0.25, 0.3) is 6.08 Å². The van der Waals surface area contributed by atoms with E-state index >= 15 is 0 Å². The first-order valence-corrected chi connectivity index (χ1v) is 11.6. The maximum absolute atomic E-state index is 12.9. The Morgan fingerprint density at radius 2 is 1.74 bits per heavy atom. The zero-order valence-electron chi connectivity index (χ0n) is 17.0. The van der Waals surface area contributed by atoms with Crippen molar-refractivity contribution in [3.63, 3.8) is 0 Å². The molecule has 1 saturated heterocycles. The Hall–Kier alpha value is -2.68. The van der Waals surface area contributed by atoms with Gasteiger partial charge in [-0.25, -0.2) is 13.2 Å². The minimum absolute atomic E-state index is 0.0983. The maximum atomic E-state index is 12.9. The molecule has 1 aliphatic heterocycles. The third kappa shape index (κ3) is 5.72. The summed E-state index contributed by atoms with van der Waals surface area (Å²) in [6.07, 6.45) is 3.15. The summed E-state index contributed by atoms with van der Waals surface area (Å²) in [5.41, 5.74) is 1.11. The summed E-state index contributed by atoms with van der Waals surface area (Å²) < 4.78 is 32.0. The molecule has 0 bridgehead atoms. The molecular formula is C22H23ClN2O5S. The van der Waals surface area contributed by atoms with Gasteiger partial charge in [0.1, 0.15) is 0 Å². The Morgan fingerprint density at radius 1 is 1.06 bits per heavy atom. The van der Waals surface area contributed by atoms with Gasteiger partial charge in [-0.3, -0.25) is 4.79 Å². The van der Waals surface area contributed by atoms with Gasteiger partial charge in [-0.2, -0.15) is 4.31 Å². The summed E-state index contributed by atoms with van der Waals surface area (Å²) >= 11 is 5.94. The van der Waals surface area contributed by atoms with Crippen LogP contribution in [-0.2, 0) is 19.6 Å². The number of ether oxygens (including phenoxy) is 1. The van der Waals surface area contributed by atoms with Gasteiger partial charge in [-0.05, 0) is 55.0 Å². The maximum Gasteiger partial charge on any atom is 0.338 e. The fraction of sp³-hybridized carbons (Fsp3) is 0.273. The van der Waals surface area contributed by atoms with E-state index in [0.29, 0.717) is 23.7 Å². The molecule has 0 radical (unpaired) electrons. The zero-order valence-corrected chi connectivity index (χ0v) is 18.6. The quantitative estimate of drug-likeness (QED) is 0.486. The number of esters is 1. The molecule has 0 N–H and O–H groups in total. The van der Waals surface area contributed by atoms with Crippen LogP contribution in [0.2, 0.25) is 5.02 Å². The number of carbonyl (C=O) groups excluding carboxylic acids is 2. The average molecular weight is 463 g/mol. The Kier molecular flexibility index (Phi) is 7.48. The lowest BCUT2D eigenvalue weighted by molar-refractivity contribution is -0.127. The van der Waals surface area contributed by atoms with Crippen molar-refractivity contribution < 1.29 is 22.7 Å². The van der Waals surface area contributed by atoms with Crippen LogP contribution >= 0.6 is 11.6 Å². The number of amides is 1. The molecule has 0 spiro atoms. The van der Waals surface area contributed by atoms with Crippen LogP contribution in [0.3, 0.4) is 0 Å². The normalized spacial score (nSPS) is 15.2. The molecule has 7 nitrogen and oxygen atoms in total. The van der Waals surface area contributed by atoms with Crippen molar-refractivity contribution in [2.24, 2.45) is 0 Å². The van der Waals surface area contributed by atoms with Crippen molar-refractivity contribution >= 4 is 39.6 Å². The van der Waals surface area contributed by atoms with E-state index in [1.807, 2.05) is 6.07 Å². The fourth-order valence-corrected chi connectivity index (χ4v) is 4.78. The summed E-state index contributed by atoms with van der Waals surface area (Å²) in [5.74, 6) is -0.680. The monoisotopic (exact) mass is 462 g/mol. The molecule has 0 atom stereocenters. The van der Waals surface area contributed by atoms with E-state index in [1.165, 1.54) is 34.6 Å². The summed E-state index contributed by atoms with van der Waals surface area (Å²) in [5, 5.41) is 0.587. The largest absolute Gasteiger partial charge is 0.462 e. The standard InChI is InChI=1S/C22H23ClN2O5S/c1-2-30-22(27)18-7-9-20(10-8-18)31(28,29)25-14-12-24(13-15-25)21(26)11-6-17-4-3-5-19(23)16-17/h3-11,16H,2,12-15H2,1H3/b11-6+. The topological polar surface area (TPSA) is 84.0 Å². The summed E-state index contributed by atoms with van der Waals surface area (Å²) in [4.78, 5) is 25.9. The van der Waals surface area contributed by atoms with Crippen molar-refractivity contribution in [3.05, 3.63) is 70.8 Å². The summed E-state index contributed by atoms with van der Waals surface area (Å²) in [6.45, 7) is 2.92. The van der Waals surface area contributed by atoms with Crippen molar-refractivity contribution in [1.82, 2.24) is 9.21 Å². The Morgan fingerprint density at radius 3 is 2.35 bits per heavy atom. The average Bonchev–Trinajstić information content (AvgIpc) is 2.78. The Balaban J connectivity index is 1.60. The lowest BCUT2D eigenvalue weighted by Gasteiger charge is -2.33. The molecule has 9 heteroatoms. The molecule has 1 heterocycles. The van der Waals surface area contributed by atoms with Gasteiger partial charge in [-0.1, -0.05) is 23.7 Å². The van der Waals surface area contributed by atoms with E-state index in [-0.39, 0.29) is 30.5 Å². The van der Waals surface area contributed by atoms with E-state index in [2.05, 4.69) is 0 Å². The summed E-state index contributed by atoms with van der Waals surface area (Å²) in [7, 11) is -3.72. The van der Waals surface area contributed by atoms with E-state index in [9.17, 15) is 18.0 Å². The van der Waals surface area contributed by atoms with Gasteiger partial charge in [0.05, 0.1) is 17.1 Å². The highest BCUT2D eigenvalue weighted by atomic mass is 35.5. The van der Waals surface area contributed by atoms with Gasteiger partial charge in [0.2, 0.25) is 15.9 Å². The molecule has 1 aliphatic rings. The number of piperazine rings is 1. The predicted molar refractivity (Wildman–Crippen MR) is 118 cm³/mol. The second-order valence-electron chi connectivity index (χ2n) is 6.86. The van der Waals surface area contributed by atoms with Gasteiger partial charge in [-0.15, -0.1) is 0 Å². The number of carbonyl (C=O) groups is 2. The predicted octanol–water partition coefficient (Wildman–Crippen LogP) is 3.06. The number of halogens is 1. The van der Waals surface area contributed by atoms with Crippen LogP contribution in [-0.4, -0.2) is 62.3 Å². The van der Waals surface area contributed by atoms with Crippen LogP contribution in [0.15, 0.2) is 59.5 Å². The first-order valence-electron chi connectivity index (χ1n) is 9.81. The Labute approximate surface area is 186 Å². The summed E-state index contributed by atoms with van der Waals surface area (Å²) in [6, 6.07) is 12.8. The van der Waals surface area contributed by atoms with E-state index < -0.39 is 16.0 Å². The molecule has 164 valence electrons. The third-order valence-electron chi connectivity index (χ3n) is 4.82. The van der Waals surface area contributed by atoms with Crippen LogP contribution in [0.1, 0.15) is 22.8 Å². The Bertz CT molecular complexity index is 1080. The number of rotatable bonds is 6. The van der Waals surface area contributed by atoms with Crippen molar-refractivity contribution in [3.8, 4) is 0 Å². The van der Waals surface area contributed by atoms with Crippen LogP contribution in [0, 0.1) is 0 Å². The van der Waals surface area contributed by atoms with E-state index in [4.69, 9.17) is 16.3 Å². The van der Waals surface area contributed by atoms with Crippen LogP contribution in [0.4, 0.5) is 0 Å². The lowest BCUT2D eigenvalue weighted by atomic mass is 10.2. The van der Waals surface area contributed by atoms with Gasteiger partial charge in [0.25, 0.3) is 0 Å². The highest BCUT2D eigenvalue weighted by Crippen LogP contribution is 2.19. The number of nitrogens with zero attached hydrogens (tertiary/aromatic N) is 2. The number of sulfonamides is 1. The number of benzene rings is 2. The second kappa shape index (κ2) is 10.1. The van der Waals surface area contributed by atoms with E-state index in [1.54, 1.807) is 36.1 Å². The van der Waals surface area contributed by atoms with Crippen molar-refractivity contribution in [1.29, 1.82) is 0 Å². The molecular weight excluding hydrogens is 440 g/mol.